The van der Waals surface area contributed by atoms with Crippen LogP contribution in [0.5, 0.6) is 5.75 Å². The van der Waals surface area contributed by atoms with E-state index in [-0.39, 0.29) is 22.7 Å². The minimum absolute atomic E-state index is 0.0565. The van der Waals surface area contributed by atoms with Crippen LogP contribution < -0.4 is 10.1 Å². The summed E-state index contributed by atoms with van der Waals surface area (Å²) >= 11 is 0. The van der Waals surface area contributed by atoms with Crippen LogP contribution in [0.25, 0.3) is 0 Å². The van der Waals surface area contributed by atoms with Gasteiger partial charge in [-0.25, -0.2) is 0 Å². The molecule has 0 heterocycles. The van der Waals surface area contributed by atoms with Gasteiger partial charge in [0.25, 0.3) is 0 Å². The monoisotopic (exact) mass is 421 g/mol. The number of methoxy groups -OCH3 is 1. The number of ketones is 1. The molecule has 1 amide bonds. The van der Waals surface area contributed by atoms with Gasteiger partial charge in [-0.3, -0.25) is 9.59 Å². The maximum Gasteiger partial charge on any atom is 0.228 e. The zero-order valence-corrected chi connectivity index (χ0v) is 19.1. The zero-order chi connectivity index (χ0) is 21.8. The fraction of sp³-hybridized carbons (Fsp3) is 0.630. The van der Waals surface area contributed by atoms with Crippen LogP contribution in [0.2, 0.25) is 0 Å². The van der Waals surface area contributed by atoms with E-state index >= 15 is 0 Å². The van der Waals surface area contributed by atoms with Crippen LogP contribution in [0.4, 0.5) is 5.69 Å². The molecule has 4 aliphatic carbocycles. The standard InChI is InChI=1S/C27H35NO3/c1-26-14-12-18(29)16-17(26)8-9-19-20-10-11-22(27(20,2)15-13-21(19)26)25(30)28-23-6-4-5-7-24(23)31-3/h4-7,16,19-22H,8-15H2,1-3H3,(H,28,30)/t19?,20?,21?,22-,26+,27+/m1/s1. The molecular weight excluding hydrogens is 386 g/mol. The molecule has 3 saturated carbocycles. The maximum absolute atomic E-state index is 13.4. The number of nitrogens with one attached hydrogen (secondary N) is 1. The smallest absolute Gasteiger partial charge is 0.228 e. The molecular formula is C27H35NO3. The van der Waals surface area contributed by atoms with Gasteiger partial charge in [-0.15, -0.1) is 0 Å². The molecule has 31 heavy (non-hydrogen) atoms. The Morgan fingerprint density at radius 2 is 1.84 bits per heavy atom. The lowest BCUT2D eigenvalue weighted by Crippen LogP contribution is -2.51. The molecule has 1 aromatic carbocycles. The summed E-state index contributed by atoms with van der Waals surface area (Å²) in [6, 6.07) is 7.67. The Morgan fingerprint density at radius 1 is 1.03 bits per heavy atom. The Kier molecular flexibility index (Phi) is 5.02. The summed E-state index contributed by atoms with van der Waals surface area (Å²) in [6.07, 6.45) is 10.4. The number of carbonyl (C=O) groups excluding carboxylic acids is 2. The summed E-state index contributed by atoms with van der Waals surface area (Å²) < 4.78 is 5.44. The van der Waals surface area contributed by atoms with E-state index in [0.29, 0.717) is 35.7 Å². The molecule has 0 radical (unpaired) electrons. The fourth-order valence-corrected chi connectivity index (χ4v) is 7.96. The van der Waals surface area contributed by atoms with Gasteiger partial charge in [-0.2, -0.15) is 0 Å². The van der Waals surface area contributed by atoms with E-state index in [1.54, 1.807) is 7.11 Å². The molecule has 0 aliphatic heterocycles. The van der Waals surface area contributed by atoms with Gasteiger partial charge in [0.2, 0.25) is 5.91 Å². The second kappa shape index (κ2) is 7.50. The van der Waals surface area contributed by atoms with Crippen LogP contribution in [0.15, 0.2) is 35.9 Å². The number of benzene rings is 1. The number of hydrogen-bond acceptors (Lipinski definition) is 3. The summed E-state index contributed by atoms with van der Waals surface area (Å²) in [5, 5.41) is 3.18. The summed E-state index contributed by atoms with van der Waals surface area (Å²) in [7, 11) is 1.64. The number of rotatable bonds is 3. The van der Waals surface area contributed by atoms with Gasteiger partial charge in [0.15, 0.2) is 5.78 Å². The molecule has 166 valence electrons. The van der Waals surface area contributed by atoms with Gasteiger partial charge >= 0.3 is 0 Å². The number of allylic oxidation sites excluding steroid dienone is 1. The largest absolute Gasteiger partial charge is 0.495 e. The number of carbonyl (C=O) groups is 2. The highest BCUT2D eigenvalue weighted by atomic mass is 16.5. The second-order valence-electron chi connectivity index (χ2n) is 10.8. The van der Waals surface area contributed by atoms with E-state index in [2.05, 4.69) is 19.2 Å². The van der Waals surface area contributed by atoms with Gasteiger partial charge in [-0.1, -0.05) is 31.6 Å². The highest BCUT2D eigenvalue weighted by Crippen LogP contribution is 2.66. The van der Waals surface area contributed by atoms with Crippen LogP contribution in [-0.2, 0) is 9.59 Å². The van der Waals surface area contributed by atoms with Crippen LogP contribution in [0, 0.1) is 34.5 Å². The van der Waals surface area contributed by atoms with Gasteiger partial charge in [0.05, 0.1) is 12.8 Å². The lowest BCUT2D eigenvalue weighted by atomic mass is 9.47. The van der Waals surface area contributed by atoms with Crippen molar-refractivity contribution < 1.29 is 14.3 Å². The highest BCUT2D eigenvalue weighted by molar-refractivity contribution is 5.94. The average molecular weight is 422 g/mol. The number of ether oxygens (including phenoxy) is 1. The predicted molar refractivity (Wildman–Crippen MR) is 122 cm³/mol. The quantitative estimate of drug-likeness (QED) is 0.673. The summed E-state index contributed by atoms with van der Waals surface area (Å²) in [6.45, 7) is 4.80. The highest BCUT2D eigenvalue weighted by Gasteiger charge is 2.60. The molecule has 5 rings (SSSR count). The molecule has 0 spiro atoms. The molecule has 4 nitrogen and oxygen atoms in total. The molecule has 3 unspecified atom stereocenters. The Bertz CT molecular complexity index is 936. The molecule has 0 saturated heterocycles. The summed E-state index contributed by atoms with van der Waals surface area (Å²) in [5.41, 5.74) is 2.44. The molecule has 4 heteroatoms. The molecule has 4 aliphatic rings. The van der Waals surface area contributed by atoms with E-state index in [1.807, 2.05) is 30.3 Å². The minimum Gasteiger partial charge on any atom is -0.495 e. The minimum atomic E-state index is 0.0565. The number of anilines is 1. The van der Waals surface area contributed by atoms with Crippen molar-refractivity contribution in [1.82, 2.24) is 0 Å². The number of hydrogen-bond donors (Lipinski definition) is 1. The van der Waals surface area contributed by atoms with Gasteiger partial charge < -0.3 is 10.1 Å². The third-order valence-corrected chi connectivity index (χ3v) is 9.64. The Labute approximate surface area is 185 Å². The van der Waals surface area contributed by atoms with Gasteiger partial charge in [0, 0.05) is 12.3 Å². The fourth-order valence-electron chi connectivity index (χ4n) is 7.96. The van der Waals surface area contributed by atoms with Crippen molar-refractivity contribution in [3.63, 3.8) is 0 Å². The topological polar surface area (TPSA) is 55.4 Å². The van der Waals surface area contributed by atoms with Crippen molar-refractivity contribution >= 4 is 17.4 Å². The first kappa shape index (κ1) is 20.8. The SMILES string of the molecule is COc1ccccc1NC(=O)[C@H]1CCC2C3CCC4=CC(=O)CC[C@]4(C)C3CC[C@@]21C. The Morgan fingerprint density at radius 3 is 2.65 bits per heavy atom. The van der Waals surface area contributed by atoms with E-state index in [9.17, 15) is 9.59 Å². The normalized spacial score (nSPS) is 39.1. The Balaban J connectivity index is 1.37. The van der Waals surface area contributed by atoms with Crippen LogP contribution in [-0.4, -0.2) is 18.8 Å². The van der Waals surface area contributed by atoms with E-state index in [4.69, 9.17) is 4.74 Å². The number of fused-ring (bicyclic) bond motifs is 5. The summed E-state index contributed by atoms with van der Waals surface area (Å²) in [5.74, 6) is 3.19. The average Bonchev–Trinajstić information content (AvgIpc) is 3.12. The molecule has 6 atom stereocenters. The molecule has 1 N–H and O–H groups in total. The third-order valence-electron chi connectivity index (χ3n) is 9.64. The number of para-hydroxylation sites is 2. The first-order valence-electron chi connectivity index (χ1n) is 12.0. The van der Waals surface area contributed by atoms with E-state index < -0.39 is 0 Å². The van der Waals surface area contributed by atoms with Crippen molar-refractivity contribution in [1.29, 1.82) is 0 Å². The van der Waals surface area contributed by atoms with Crippen LogP contribution in [0.1, 0.15) is 65.2 Å². The van der Waals surface area contributed by atoms with Gasteiger partial charge in [-0.05, 0) is 91.7 Å². The van der Waals surface area contributed by atoms with E-state index in [1.165, 1.54) is 18.4 Å². The second-order valence-corrected chi connectivity index (χ2v) is 10.8. The van der Waals surface area contributed by atoms with Crippen molar-refractivity contribution in [2.45, 2.75) is 65.2 Å². The lowest BCUT2D eigenvalue weighted by molar-refractivity contribution is -0.127. The van der Waals surface area contributed by atoms with Crippen molar-refractivity contribution in [2.24, 2.45) is 34.5 Å². The van der Waals surface area contributed by atoms with Crippen molar-refractivity contribution in [2.75, 3.05) is 12.4 Å². The lowest BCUT2D eigenvalue weighted by Gasteiger charge is -2.58. The first-order valence-corrected chi connectivity index (χ1v) is 12.0. The molecule has 1 aromatic rings. The first-order chi connectivity index (χ1) is 14.9. The number of amides is 1. The van der Waals surface area contributed by atoms with Crippen LogP contribution in [0.3, 0.4) is 0 Å². The third kappa shape index (κ3) is 3.16. The van der Waals surface area contributed by atoms with Crippen LogP contribution >= 0.6 is 0 Å². The molecule has 0 bridgehead atoms. The maximum atomic E-state index is 13.4. The zero-order valence-electron chi connectivity index (χ0n) is 19.1. The van der Waals surface area contributed by atoms with Crippen molar-refractivity contribution in [3.05, 3.63) is 35.9 Å². The predicted octanol–water partition coefficient (Wildman–Crippen LogP) is 5.78. The van der Waals surface area contributed by atoms with Gasteiger partial charge in [0.1, 0.15) is 5.75 Å². The summed E-state index contributed by atoms with van der Waals surface area (Å²) in [4.78, 5) is 25.5. The van der Waals surface area contributed by atoms with Crippen molar-refractivity contribution in [3.8, 4) is 5.75 Å². The molecule has 0 aromatic heterocycles. The van der Waals surface area contributed by atoms with E-state index in [0.717, 1.165) is 37.8 Å². The Hall–Kier alpha value is -2.10. The molecule has 3 fully saturated rings.